The lowest BCUT2D eigenvalue weighted by Crippen LogP contribution is -2.58. The quantitative estimate of drug-likeness (QED) is 0.124. The summed E-state index contributed by atoms with van der Waals surface area (Å²) in [6.07, 6.45) is 8.47. The summed E-state index contributed by atoms with van der Waals surface area (Å²) in [5.74, 6) is -1.83. The summed E-state index contributed by atoms with van der Waals surface area (Å²) < 4.78 is 6.88. The van der Waals surface area contributed by atoms with Crippen molar-refractivity contribution in [1.82, 2.24) is 26.0 Å². The van der Waals surface area contributed by atoms with E-state index in [0.29, 0.717) is 44.9 Å². The molecule has 1 aromatic carbocycles. The SMILES string of the molecule is CCOC(=O)[C@@H](NC(=O)[C@H](Cc1cn(OC)c2ccccc12)NC(=O)[C@H](CCCCCC(=O)CC)NC(=O)[C@H]1CCCCN1)[C@@H](C)CC. The van der Waals surface area contributed by atoms with E-state index in [1.165, 1.54) is 0 Å². The van der Waals surface area contributed by atoms with Crippen molar-refractivity contribution in [2.24, 2.45) is 5.92 Å². The monoisotopic (exact) mass is 669 g/mol. The second-order valence-electron chi connectivity index (χ2n) is 12.6. The number of carbonyl (C=O) groups is 5. The number of piperidine rings is 1. The smallest absolute Gasteiger partial charge is 0.328 e. The first kappa shape index (κ1) is 38.5. The van der Waals surface area contributed by atoms with Crippen molar-refractivity contribution in [3.63, 3.8) is 0 Å². The number of unbranched alkanes of at least 4 members (excludes halogenated alkanes) is 2. The largest absolute Gasteiger partial charge is 0.464 e. The van der Waals surface area contributed by atoms with Gasteiger partial charge in [0.05, 0.1) is 18.2 Å². The summed E-state index contributed by atoms with van der Waals surface area (Å²) in [4.78, 5) is 71.5. The fraction of sp³-hybridized carbons (Fsp3) is 0.639. The average Bonchev–Trinajstić information content (AvgIpc) is 3.46. The molecule has 12 heteroatoms. The number of rotatable bonds is 20. The van der Waals surface area contributed by atoms with Crippen LogP contribution in [-0.4, -0.2) is 78.6 Å². The van der Waals surface area contributed by atoms with Crippen LogP contribution in [0.2, 0.25) is 0 Å². The Morgan fingerprint density at radius 2 is 1.71 bits per heavy atom. The standard InChI is InChI=1S/C36H55N5O7/c1-6-24(4)32(36(46)48-8-3)40-35(45)30(22-25-23-41(47-5)31-20-13-12-17-27(25)31)39-34(44)29(19-11-9-10-16-26(42)7-2)38-33(43)28-18-14-15-21-37-28/h12-13,17,20,23-24,28-30,32,37H,6-11,14-16,18-19,21-22H2,1-5H3,(H,38,43)(H,39,44)(H,40,45)/t24-,28+,29-,30-,32-/m0/s1. The number of carbonyl (C=O) groups excluding carboxylic acids is 5. The fourth-order valence-corrected chi connectivity index (χ4v) is 6.03. The Morgan fingerprint density at radius 1 is 0.958 bits per heavy atom. The maximum Gasteiger partial charge on any atom is 0.328 e. The Morgan fingerprint density at radius 3 is 2.38 bits per heavy atom. The van der Waals surface area contributed by atoms with Gasteiger partial charge in [0.1, 0.15) is 31.0 Å². The molecule has 2 heterocycles. The van der Waals surface area contributed by atoms with E-state index in [1.807, 2.05) is 45.0 Å². The summed E-state index contributed by atoms with van der Waals surface area (Å²) in [6, 6.07) is 4.32. The molecule has 0 radical (unpaired) electrons. The van der Waals surface area contributed by atoms with E-state index >= 15 is 0 Å². The predicted octanol–water partition coefficient (Wildman–Crippen LogP) is 3.38. The number of ether oxygens (including phenoxy) is 1. The van der Waals surface area contributed by atoms with Gasteiger partial charge in [-0.25, -0.2) is 4.79 Å². The number of benzene rings is 1. The molecule has 2 aromatic rings. The van der Waals surface area contributed by atoms with Crippen molar-refractivity contribution in [2.75, 3.05) is 20.3 Å². The molecule has 0 spiro atoms. The first-order valence-electron chi connectivity index (χ1n) is 17.6. The Kier molecular flexibility index (Phi) is 15.9. The van der Waals surface area contributed by atoms with Gasteiger partial charge >= 0.3 is 5.97 Å². The number of hydrogen-bond acceptors (Lipinski definition) is 8. The fourth-order valence-electron chi connectivity index (χ4n) is 6.03. The van der Waals surface area contributed by atoms with E-state index in [4.69, 9.17) is 9.57 Å². The highest BCUT2D eigenvalue weighted by Gasteiger charge is 2.34. The molecule has 1 aromatic heterocycles. The molecule has 3 amide bonds. The molecule has 1 fully saturated rings. The number of aromatic nitrogens is 1. The molecule has 0 saturated carbocycles. The van der Waals surface area contributed by atoms with Crippen molar-refractivity contribution >= 4 is 40.4 Å². The van der Waals surface area contributed by atoms with E-state index in [9.17, 15) is 24.0 Å². The van der Waals surface area contributed by atoms with Crippen LogP contribution in [-0.2, 0) is 35.1 Å². The molecular weight excluding hydrogens is 614 g/mol. The van der Waals surface area contributed by atoms with E-state index in [1.54, 1.807) is 25.0 Å². The number of hydrogen-bond donors (Lipinski definition) is 4. The molecule has 1 aliphatic rings. The minimum atomic E-state index is -1.08. The molecular formula is C36H55N5O7. The summed E-state index contributed by atoms with van der Waals surface area (Å²) in [7, 11) is 1.55. The molecule has 266 valence electrons. The van der Waals surface area contributed by atoms with Gasteiger partial charge in [0.25, 0.3) is 0 Å². The van der Waals surface area contributed by atoms with Crippen molar-refractivity contribution in [3.8, 4) is 0 Å². The van der Waals surface area contributed by atoms with Crippen molar-refractivity contribution in [3.05, 3.63) is 36.0 Å². The van der Waals surface area contributed by atoms with Gasteiger partial charge in [0, 0.05) is 30.8 Å². The highest BCUT2D eigenvalue weighted by Crippen LogP contribution is 2.22. The molecule has 1 aliphatic heterocycles. The lowest BCUT2D eigenvalue weighted by Gasteiger charge is -2.28. The Hall–Kier alpha value is -3.93. The van der Waals surface area contributed by atoms with Gasteiger partial charge in [-0.05, 0) is 56.7 Å². The van der Waals surface area contributed by atoms with Crippen molar-refractivity contribution in [2.45, 2.75) is 122 Å². The third kappa shape index (κ3) is 11.1. The molecule has 1 saturated heterocycles. The number of Topliss-reactive ketones (excluding diaryl/α,β-unsaturated/α-hetero) is 1. The third-order valence-electron chi connectivity index (χ3n) is 9.17. The first-order valence-corrected chi connectivity index (χ1v) is 17.6. The molecule has 0 aliphatic carbocycles. The number of para-hydroxylation sites is 1. The van der Waals surface area contributed by atoms with Gasteiger partial charge in [-0.15, -0.1) is 0 Å². The molecule has 12 nitrogen and oxygen atoms in total. The first-order chi connectivity index (χ1) is 23.1. The topological polar surface area (TPSA) is 157 Å². The summed E-state index contributed by atoms with van der Waals surface area (Å²) in [6.45, 7) is 8.24. The van der Waals surface area contributed by atoms with Crippen LogP contribution in [0.1, 0.15) is 97.5 Å². The minimum absolute atomic E-state index is 0.106. The number of nitrogens with one attached hydrogen (secondary N) is 4. The number of ketones is 1. The Bertz CT molecular complexity index is 1370. The number of fused-ring (bicyclic) bond motifs is 1. The zero-order valence-electron chi connectivity index (χ0n) is 29.3. The van der Waals surface area contributed by atoms with Crippen LogP contribution in [0.25, 0.3) is 10.9 Å². The van der Waals surface area contributed by atoms with Crippen LogP contribution in [0.3, 0.4) is 0 Å². The van der Waals surface area contributed by atoms with Gasteiger partial charge in [0.2, 0.25) is 17.7 Å². The zero-order chi connectivity index (χ0) is 35.1. The van der Waals surface area contributed by atoms with Gasteiger partial charge in [-0.3, -0.25) is 19.2 Å². The lowest BCUT2D eigenvalue weighted by atomic mass is 9.97. The van der Waals surface area contributed by atoms with E-state index in [2.05, 4.69) is 21.3 Å². The summed E-state index contributed by atoms with van der Waals surface area (Å²) in [5, 5.41) is 12.8. The van der Waals surface area contributed by atoms with Crippen LogP contribution >= 0.6 is 0 Å². The summed E-state index contributed by atoms with van der Waals surface area (Å²) in [5.41, 5.74) is 1.56. The molecule has 4 N–H and O–H groups in total. The lowest BCUT2D eigenvalue weighted by molar-refractivity contribution is -0.149. The molecule has 0 unspecified atom stereocenters. The number of esters is 1. The van der Waals surface area contributed by atoms with Gasteiger partial charge < -0.3 is 30.8 Å². The van der Waals surface area contributed by atoms with Crippen LogP contribution in [0, 0.1) is 5.92 Å². The van der Waals surface area contributed by atoms with Crippen molar-refractivity contribution < 1.29 is 33.5 Å². The molecule has 3 rings (SSSR count). The van der Waals surface area contributed by atoms with Gasteiger partial charge in [0.15, 0.2) is 0 Å². The zero-order valence-corrected chi connectivity index (χ0v) is 29.3. The predicted molar refractivity (Wildman–Crippen MR) is 184 cm³/mol. The minimum Gasteiger partial charge on any atom is -0.464 e. The maximum absolute atomic E-state index is 14.0. The normalized spacial score (nSPS) is 17.1. The van der Waals surface area contributed by atoms with Crippen LogP contribution in [0.5, 0.6) is 0 Å². The van der Waals surface area contributed by atoms with Gasteiger partial charge in [-0.2, -0.15) is 4.73 Å². The van der Waals surface area contributed by atoms with Crippen molar-refractivity contribution in [1.29, 1.82) is 0 Å². The highest BCUT2D eigenvalue weighted by molar-refractivity contribution is 5.95. The Balaban J connectivity index is 1.89. The summed E-state index contributed by atoms with van der Waals surface area (Å²) >= 11 is 0. The highest BCUT2D eigenvalue weighted by atomic mass is 16.6. The van der Waals surface area contributed by atoms with Crippen LogP contribution in [0.15, 0.2) is 30.5 Å². The van der Waals surface area contributed by atoms with Crippen LogP contribution < -0.4 is 26.1 Å². The number of amides is 3. The maximum atomic E-state index is 14.0. The van der Waals surface area contributed by atoms with E-state index in [-0.39, 0.29) is 30.6 Å². The van der Waals surface area contributed by atoms with E-state index in [0.717, 1.165) is 42.3 Å². The second kappa shape index (κ2) is 19.8. The Labute approximate surface area is 284 Å². The number of nitrogens with zero attached hydrogens (tertiary/aromatic N) is 1. The molecule has 48 heavy (non-hydrogen) atoms. The molecule has 5 atom stereocenters. The third-order valence-corrected chi connectivity index (χ3v) is 9.17. The van der Waals surface area contributed by atoms with Gasteiger partial charge in [-0.1, -0.05) is 64.7 Å². The molecule has 0 bridgehead atoms. The second-order valence-corrected chi connectivity index (χ2v) is 12.6. The average molecular weight is 670 g/mol. The van der Waals surface area contributed by atoms with E-state index < -0.39 is 42.0 Å². The van der Waals surface area contributed by atoms with Crippen LogP contribution in [0.4, 0.5) is 0 Å².